The number of hydrogen-bond donors (Lipinski definition) is 1. The van der Waals surface area contributed by atoms with Crippen molar-refractivity contribution in [2.24, 2.45) is 0 Å². The van der Waals surface area contributed by atoms with E-state index in [4.69, 9.17) is 0 Å². The number of benzene rings is 1. The molecule has 4 heteroatoms. The van der Waals surface area contributed by atoms with Crippen LogP contribution in [0.25, 0.3) is 0 Å². The van der Waals surface area contributed by atoms with E-state index in [1.165, 1.54) is 31.7 Å². The zero-order valence-electron chi connectivity index (χ0n) is 11.0. The molecule has 1 aromatic rings. The second-order valence-corrected chi connectivity index (χ2v) is 5.86. The summed E-state index contributed by atoms with van der Waals surface area (Å²) in [6.45, 7) is 8.00. The summed E-state index contributed by atoms with van der Waals surface area (Å²) < 4.78 is 1.14. The third kappa shape index (κ3) is 4.69. The lowest BCUT2D eigenvalue weighted by molar-refractivity contribution is 0.154. The topological polar surface area (TPSA) is 18.5 Å². The molecule has 18 heavy (non-hydrogen) atoms. The van der Waals surface area contributed by atoms with Crippen LogP contribution in [0, 0.1) is 0 Å². The molecule has 2 rings (SSSR count). The van der Waals surface area contributed by atoms with Crippen molar-refractivity contribution >= 4 is 15.9 Å². The van der Waals surface area contributed by atoms with Gasteiger partial charge < -0.3 is 10.2 Å². The zero-order chi connectivity index (χ0) is 12.8. The van der Waals surface area contributed by atoms with Crippen LogP contribution in [0.3, 0.4) is 0 Å². The van der Waals surface area contributed by atoms with Gasteiger partial charge in [-0.3, -0.25) is 4.90 Å². The first-order valence-corrected chi connectivity index (χ1v) is 7.39. The summed E-state index contributed by atoms with van der Waals surface area (Å²) >= 11 is 3.45. The number of halogens is 1. The highest BCUT2D eigenvalue weighted by Crippen LogP contribution is 2.10. The molecule has 1 aromatic carbocycles. The molecule has 1 aliphatic rings. The van der Waals surface area contributed by atoms with Crippen LogP contribution in [0.5, 0.6) is 0 Å². The van der Waals surface area contributed by atoms with Crippen molar-refractivity contribution in [2.75, 3.05) is 46.3 Å². The standard InChI is InChI=1S/C14H22BrN3/c1-17-8-10-18(11-9-17)7-6-16-12-13-2-4-14(15)5-3-13/h2-5,16H,6-12H2,1H3. The monoisotopic (exact) mass is 311 g/mol. The van der Waals surface area contributed by atoms with Crippen LogP contribution in [-0.4, -0.2) is 56.1 Å². The van der Waals surface area contributed by atoms with Gasteiger partial charge in [-0.15, -0.1) is 0 Å². The lowest BCUT2D eigenvalue weighted by atomic mass is 10.2. The minimum Gasteiger partial charge on any atom is -0.311 e. The van der Waals surface area contributed by atoms with Gasteiger partial charge in [0.25, 0.3) is 0 Å². The van der Waals surface area contributed by atoms with Gasteiger partial charge >= 0.3 is 0 Å². The quantitative estimate of drug-likeness (QED) is 0.836. The average Bonchev–Trinajstić information content (AvgIpc) is 2.39. The third-order valence-electron chi connectivity index (χ3n) is 3.44. The van der Waals surface area contributed by atoms with Crippen molar-refractivity contribution in [1.29, 1.82) is 0 Å². The Kier molecular flexibility index (Phi) is 5.63. The summed E-state index contributed by atoms with van der Waals surface area (Å²) in [5.41, 5.74) is 1.34. The molecule has 1 aliphatic heterocycles. The molecule has 0 aliphatic carbocycles. The maximum Gasteiger partial charge on any atom is 0.0206 e. The van der Waals surface area contributed by atoms with E-state index >= 15 is 0 Å². The first kappa shape index (κ1) is 14.0. The molecule has 1 heterocycles. The molecule has 0 atom stereocenters. The van der Waals surface area contributed by atoms with Gasteiger partial charge in [0.05, 0.1) is 0 Å². The smallest absolute Gasteiger partial charge is 0.0206 e. The van der Waals surface area contributed by atoms with Crippen molar-refractivity contribution < 1.29 is 0 Å². The van der Waals surface area contributed by atoms with E-state index in [-0.39, 0.29) is 0 Å². The van der Waals surface area contributed by atoms with Crippen LogP contribution in [0.15, 0.2) is 28.7 Å². The van der Waals surface area contributed by atoms with Crippen LogP contribution in [0.4, 0.5) is 0 Å². The number of rotatable bonds is 5. The Hall–Kier alpha value is -0.420. The largest absolute Gasteiger partial charge is 0.311 e. The Bertz CT molecular complexity index is 345. The molecule has 100 valence electrons. The van der Waals surface area contributed by atoms with Gasteiger partial charge in [-0.25, -0.2) is 0 Å². The second kappa shape index (κ2) is 7.24. The lowest BCUT2D eigenvalue weighted by Gasteiger charge is -2.32. The Morgan fingerprint density at radius 1 is 1.11 bits per heavy atom. The number of nitrogens with one attached hydrogen (secondary N) is 1. The molecule has 1 fully saturated rings. The number of likely N-dealkylation sites (N-methyl/N-ethyl adjacent to an activating group) is 1. The van der Waals surface area contributed by atoms with E-state index < -0.39 is 0 Å². The van der Waals surface area contributed by atoms with Crippen LogP contribution < -0.4 is 5.32 Å². The molecule has 0 radical (unpaired) electrons. The Morgan fingerprint density at radius 3 is 2.44 bits per heavy atom. The molecule has 0 aromatic heterocycles. The first-order valence-electron chi connectivity index (χ1n) is 6.60. The van der Waals surface area contributed by atoms with Gasteiger partial charge in [0.1, 0.15) is 0 Å². The molecule has 1 N–H and O–H groups in total. The fraction of sp³-hybridized carbons (Fsp3) is 0.571. The highest BCUT2D eigenvalue weighted by Gasteiger charge is 2.12. The summed E-state index contributed by atoms with van der Waals surface area (Å²) in [5.74, 6) is 0. The lowest BCUT2D eigenvalue weighted by Crippen LogP contribution is -2.46. The van der Waals surface area contributed by atoms with Crippen LogP contribution in [-0.2, 0) is 6.54 Å². The summed E-state index contributed by atoms with van der Waals surface area (Å²) in [7, 11) is 2.20. The highest BCUT2D eigenvalue weighted by molar-refractivity contribution is 9.10. The van der Waals surface area contributed by atoms with Crippen molar-refractivity contribution in [3.8, 4) is 0 Å². The van der Waals surface area contributed by atoms with E-state index in [9.17, 15) is 0 Å². The van der Waals surface area contributed by atoms with Gasteiger partial charge in [-0.2, -0.15) is 0 Å². The van der Waals surface area contributed by atoms with Gasteiger partial charge in [0.15, 0.2) is 0 Å². The molecular formula is C14H22BrN3. The zero-order valence-corrected chi connectivity index (χ0v) is 12.6. The van der Waals surface area contributed by atoms with Crippen LogP contribution >= 0.6 is 15.9 Å². The molecule has 1 saturated heterocycles. The van der Waals surface area contributed by atoms with E-state index in [0.717, 1.165) is 24.1 Å². The van der Waals surface area contributed by atoms with Gasteiger partial charge in [-0.05, 0) is 24.7 Å². The molecule has 0 saturated carbocycles. The maximum atomic E-state index is 3.51. The van der Waals surface area contributed by atoms with Crippen LogP contribution in [0.1, 0.15) is 5.56 Å². The van der Waals surface area contributed by atoms with Gasteiger partial charge in [-0.1, -0.05) is 28.1 Å². The fourth-order valence-electron chi connectivity index (χ4n) is 2.14. The second-order valence-electron chi connectivity index (χ2n) is 4.95. The molecular weight excluding hydrogens is 290 g/mol. The third-order valence-corrected chi connectivity index (χ3v) is 3.97. The predicted octanol–water partition coefficient (Wildman–Crippen LogP) is 1.79. The Balaban J connectivity index is 1.60. The fourth-order valence-corrected chi connectivity index (χ4v) is 2.41. The minimum absolute atomic E-state index is 0.959. The van der Waals surface area contributed by atoms with Crippen LogP contribution in [0.2, 0.25) is 0 Å². The summed E-state index contributed by atoms with van der Waals surface area (Å²) in [4.78, 5) is 4.93. The highest BCUT2D eigenvalue weighted by atomic mass is 79.9. The summed E-state index contributed by atoms with van der Waals surface area (Å²) in [6.07, 6.45) is 0. The van der Waals surface area contributed by atoms with E-state index in [2.05, 4.69) is 62.4 Å². The molecule has 0 bridgehead atoms. The van der Waals surface area contributed by atoms with Gasteiger partial charge in [0, 0.05) is 50.3 Å². The van der Waals surface area contributed by atoms with Crippen molar-refractivity contribution in [3.63, 3.8) is 0 Å². The maximum absolute atomic E-state index is 3.51. The number of hydrogen-bond acceptors (Lipinski definition) is 3. The first-order chi connectivity index (χ1) is 8.74. The Labute approximate surface area is 118 Å². The molecule has 0 amide bonds. The minimum atomic E-state index is 0.959. The Morgan fingerprint density at radius 2 is 1.78 bits per heavy atom. The predicted molar refractivity (Wildman–Crippen MR) is 79.8 cm³/mol. The van der Waals surface area contributed by atoms with E-state index in [0.29, 0.717) is 0 Å². The summed E-state index contributed by atoms with van der Waals surface area (Å²) in [5, 5.41) is 3.51. The number of nitrogens with zero attached hydrogens (tertiary/aromatic N) is 2. The normalized spacial score (nSPS) is 18.1. The van der Waals surface area contributed by atoms with Crippen molar-refractivity contribution in [1.82, 2.24) is 15.1 Å². The van der Waals surface area contributed by atoms with Gasteiger partial charge in [0.2, 0.25) is 0 Å². The van der Waals surface area contributed by atoms with E-state index in [1.807, 2.05) is 0 Å². The molecule has 0 spiro atoms. The number of piperazine rings is 1. The average molecular weight is 312 g/mol. The molecule has 0 unspecified atom stereocenters. The SMILES string of the molecule is CN1CCN(CCNCc2ccc(Br)cc2)CC1. The van der Waals surface area contributed by atoms with Crippen molar-refractivity contribution in [2.45, 2.75) is 6.54 Å². The van der Waals surface area contributed by atoms with E-state index in [1.54, 1.807) is 0 Å². The van der Waals surface area contributed by atoms with Crippen molar-refractivity contribution in [3.05, 3.63) is 34.3 Å². The molecule has 3 nitrogen and oxygen atoms in total. The summed E-state index contributed by atoms with van der Waals surface area (Å²) in [6, 6.07) is 8.51.